The van der Waals surface area contributed by atoms with Crippen LogP contribution >= 0.6 is 0 Å². The number of hydrogen-bond acceptors (Lipinski definition) is 2. The monoisotopic (exact) mass is 238 g/mol. The fraction of sp³-hybridized carbons (Fsp3) is 0.846. The predicted octanol–water partition coefficient (Wildman–Crippen LogP) is 1.43. The van der Waals surface area contributed by atoms with Gasteiger partial charge in [-0.1, -0.05) is 12.8 Å². The minimum Gasteiger partial charge on any atom is -0.369 e. The van der Waals surface area contributed by atoms with Gasteiger partial charge in [0.15, 0.2) is 0 Å². The van der Waals surface area contributed by atoms with Crippen LogP contribution in [0.15, 0.2) is 0 Å². The van der Waals surface area contributed by atoms with Gasteiger partial charge in [0.1, 0.15) is 5.41 Å². The van der Waals surface area contributed by atoms with E-state index in [1.54, 1.807) is 0 Å². The highest BCUT2D eigenvalue weighted by molar-refractivity contribution is 6.04. The van der Waals surface area contributed by atoms with E-state index in [-0.39, 0.29) is 18.0 Å². The molecule has 1 heterocycles. The SMILES string of the molecule is C[C@@H]1CC[C@H](C)N1C(=O)C1(C(N)=O)CCCC1. The molecule has 4 nitrogen and oxygen atoms in total. The van der Waals surface area contributed by atoms with Crippen LogP contribution in [0.5, 0.6) is 0 Å². The van der Waals surface area contributed by atoms with Crippen LogP contribution in [0.3, 0.4) is 0 Å². The van der Waals surface area contributed by atoms with E-state index >= 15 is 0 Å². The molecule has 0 unspecified atom stereocenters. The van der Waals surface area contributed by atoms with E-state index in [1.165, 1.54) is 0 Å². The molecule has 0 radical (unpaired) electrons. The van der Waals surface area contributed by atoms with Crippen LogP contribution in [0, 0.1) is 5.41 Å². The van der Waals surface area contributed by atoms with Crippen molar-refractivity contribution in [1.82, 2.24) is 4.90 Å². The van der Waals surface area contributed by atoms with Crippen molar-refractivity contribution < 1.29 is 9.59 Å². The lowest BCUT2D eigenvalue weighted by Crippen LogP contribution is -2.52. The van der Waals surface area contributed by atoms with Crippen molar-refractivity contribution in [3.63, 3.8) is 0 Å². The second-order valence-corrected chi connectivity index (χ2v) is 5.64. The molecule has 0 spiro atoms. The van der Waals surface area contributed by atoms with Crippen LogP contribution < -0.4 is 5.73 Å². The highest BCUT2D eigenvalue weighted by atomic mass is 16.2. The molecule has 2 rings (SSSR count). The van der Waals surface area contributed by atoms with Gasteiger partial charge >= 0.3 is 0 Å². The van der Waals surface area contributed by atoms with Crippen molar-refractivity contribution in [3.05, 3.63) is 0 Å². The van der Waals surface area contributed by atoms with Crippen LogP contribution in [0.1, 0.15) is 52.4 Å². The molecule has 0 aromatic rings. The second-order valence-electron chi connectivity index (χ2n) is 5.64. The third-order valence-corrected chi connectivity index (χ3v) is 4.52. The Balaban J connectivity index is 2.25. The summed E-state index contributed by atoms with van der Waals surface area (Å²) in [7, 11) is 0. The first-order valence-electron chi connectivity index (χ1n) is 6.62. The minimum absolute atomic E-state index is 0.0139. The van der Waals surface area contributed by atoms with Crippen LogP contribution in [0.2, 0.25) is 0 Å². The third-order valence-electron chi connectivity index (χ3n) is 4.52. The number of nitrogens with zero attached hydrogens (tertiary/aromatic N) is 1. The topological polar surface area (TPSA) is 63.4 Å². The number of carbonyl (C=O) groups excluding carboxylic acids is 2. The first-order valence-corrected chi connectivity index (χ1v) is 6.62. The molecule has 0 bridgehead atoms. The Morgan fingerprint density at radius 2 is 1.59 bits per heavy atom. The van der Waals surface area contributed by atoms with E-state index in [2.05, 4.69) is 13.8 Å². The summed E-state index contributed by atoms with van der Waals surface area (Å²) < 4.78 is 0. The van der Waals surface area contributed by atoms with Gasteiger partial charge in [-0.05, 0) is 39.5 Å². The lowest BCUT2D eigenvalue weighted by molar-refractivity contribution is -0.151. The molecule has 2 amide bonds. The molecule has 2 aliphatic rings. The maximum Gasteiger partial charge on any atom is 0.238 e. The molecular weight excluding hydrogens is 216 g/mol. The van der Waals surface area contributed by atoms with Gasteiger partial charge in [-0.15, -0.1) is 0 Å². The van der Waals surface area contributed by atoms with Crippen LogP contribution in [0.4, 0.5) is 0 Å². The van der Waals surface area contributed by atoms with Gasteiger partial charge in [0.05, 0.1) is 0 Å². The van der Waals surface area contributed by atoms with Crippen molar-refractivity contribution in [2.75, 3.05) is 0 Å². The Kier molecular flexibility index (Phi) is 3.15. The number of hydrogen-bond donors (Lipinski definition) is 1. The average Bonchev–Trinajstić information content (AvgIpc) is 2.86. The quantitative estimate of drug-likeness (QED) is 0.740. The van der Waals surface area contributed by atoms with Gasteiger partial charge in [-0.25, -0.2) is 0 Å². The zero-order valence-electron chi connectivity index (χ0n) is 10.7. The van der Waals surface area contributed by atoms with E-state index in [1.807, 2.05) is 4.90 Å². The maximum absolute atomic E-state index is 12.7. The summed E-state index contributed by atoms with van der Waals surface area (Å²) in [5.74, 6) is -0.439. The number of amides is 2. The summed E-state index contributed by atoms with van der Waals surface area (Å²) in [5.41, 5.74) is 4.61. The lowest BCUT2D eigenvalue weighted by atomic mass is 9.83. The van der Waals surface area contributed by atoms with Crippen molar-refractivity contribution in [2.45, 2.75) is 64.5 Å². The first-order chi connectivity index (χ1) is 7.99. The summed E-state index contributed by atoms with van der Waals surface area (Å²) in [5, 5.41) is 0. The van der Waals surface area contributed by atoms with Crippen molar-refractivity contribution in [3.8, 4) is 0 Å². The van der Waals surface area contributed by atoms with Gasteiger partial charge in [0, 0.05) is 12.1 Å². The van der Waals surface area contributed by atoms with Crippen molar-refractivity contribution in [1.29, 1.82) is 0 Å². The Morgan fingerprint density at radius 3 is 2.00 bits per heavy atom. The van der Waals surface area contributed by atoms with Crippen LogP contribution in [0.25, 0.3) is 0 Å². The molecule has 2 atom stereocenters. The van der Waals surface area contributed by atoms with Gasteiger partial charge in [-0.3, -0.25) is 9.59 Å². The van der Waals surface area contributed by atoms with Crippen molar-refractivity contribution in [2.24, 2.45) is 11.1 Å². The molecule has 96 valence electrons. The molecule has 0 aromatic heterocycles. The smallest absolute Gasteiger partial charge is 0.238 e. The number of nitrogens with two attached hydrogens (primary N) is 1. The summed E-state index contributed by atoms with van der Waals surface area (Å²) in [4.78, 5) is 26.3. The van der Waals surface area contributed by atoms with E-state index in [0.29, 0.717) is 12.8 Å². The molecule has 4 heteroatoms. The summed E-state index contributed by atoms with van der Waals surface area (Å²) >= 11 is 0. The fourth-order valence-corrected chi connectivity index (χ4v) is 3.39. The fourth-order valence-electron chi connectivity index (χ4n) is 3.39. The summed E-state index contributed by atoms with van der Waals surface area (Å²) in [6.07, 6.45) is 5.20. The number of likely N-dealkylation sites (tertiary alicyclic amines) is 1. The van der Waals surface area contributed by atoms with Gasteiger partial charge in [-0.2, -0.15) is 0 Å². The van der Waals surface area contributed by atoms with Gasteiger partial charge < -0.3 is 10.6 Å². The van der Waals surface area contributed by atoms with E-state index < -0.39 is 11.3 Å². The molecule has 0 aromatic carbocycles. The van der Waals surface area contributed by atoms with Crippen LogP contribution in [-0.4, -0.2) is 28.8 Å². The van der Waals surface area contributed by atoms with Gasteiger partial charge in [0.2, 0.25) is 11.8 Å². The Hall–Kier alpha value is -1.06. The number of carbonyl (C=O) groups is 2. The standard InChI is InChI=1S/C13H22N2O2/c1-9-5-6-10(2)15(9)12(17)13(11(14)16)7-3-4-8-13/h9-10H,3-8H2,1-2H3,(H2,14,16)/t9-,10+. The normalized spacial score (nSPS) is 31.8. The number of primary amides is 1. The molecule has 1 aliphatic heterocycles. The zero-order valence-corrected chi connectivity index (χ0v) is 10.7. The Labute approximate surface area is 103 Å². The van der Waals surface area contributed by atoms with E-state index in [9.17, 15) is 9.59 Å². The average molecular weight is 238 g/mol. The largest absolute Gasteiger partial charge is 0.369 e. The Bertz CT molecular complexity index is 324. The zero-order chi connectivity index (χ0) is 12.6. The summed E-state index contributed by atoms with van der Waals surface area (Å²) in [6.45, 7) is 4.12. The molecular formula is C13H22N2O2. The summed E-state index contributed by atoms with van der Waals surface area (Å²) in [6, 6.07) is 0.489. The molecule has 2 N–H and O–H groups in total. The number of rotatable bonds is 2. The van der Waals surface area contributed by atoms with E-state index in [0.717, 1.165) is 25.7 Å². The minimum atomic E-state index is -0.896. The lowest BCUT2D eigenvalue weighted by Gasteiger charge is -2.34. The maximum atomic E-state index is 12.7. The highest BCUT2D eigenvalue weighted by Crippen LogP contribution is 2.41. The molecule has 1 saturated heterocycles. The molecule has 1 aliphatic carbocycles. The van der Waals surface area contributed by atoms with Crippen molar-refractivity contribution >= 4 is 11.8 Å². The van der Waals surface area contributed by atoms with Gasteiger partial charge in [0.25, 0.3) is 0 Å². The highest BCUT2D eigenvalue weighted by Gasteiger charge is 2.51. The molecule has 17 heavy (non-hydrogen) atoms. The Morgan fingerprint density at radius 1 is 1.12 bits per heavy atom. The predicted molar refractivity (Wildman–Crippen MR) is 65.1 cm³/mol. The van der Waals surface area contributed by atoms with E-state index in [4.69, 9.17) is 5.73 Å². The first kappa shape index (κ1) is 12.4. The second kappa shape index (κ2) is 4.31. The third kappa shape index (κ3) is 1.83. The molecule has 1 saturated carbocycles. The van der Waals surface area contributed by atoms with Crippen LogP contribution in [-0.2, 0) is 9.59 Å². The molecule has 2 fully saturated rings.